The predicted octanol–water partition coefficient (Wildman–Crippen LogP) is -0.737. The number of aliphatic hydroxyl groups is 2. The Labute approximate surface area is 74.1 Å². The van der Waals surface area contributed by atoms with Gasteiger partial charge in [-0.25, -0.2) is 0 Å². The third kappa shape index (κ3) is 3.27. The van der Waals surface area contributed by atoms with Crippen LogP contribution in [0.1, 0.15) is 12.8 Å². The van der Waals surface area contributed by atoms with Crippen molar-refractivity contribution < 1.29 is 14.9 Å². The van der Waals surface area contributed by atoms with E-state index in [2.05, 4.69) is 5.92 Å². The zero-order valence-corrected chi connectivity index (χ0v) is 7.10. The fourth-order valence-electron chi connectivity index (χ4n) is 1.06. The minimum Gasteiger partial charge on any atom is -0.400 e. The van der Waals surface area contributed by atoms with Gasteiger partial charge in [0.2, 0.25) is 0 Å². The molecule has 1 aliphatic heterocycles. The maximum Gasteiger partial charge on any atom is 0.109 e. The number of ether oxygens (including phenoxy) is 1. The summed E-state index contributed by atoms with van der Waals surface area (Å²) in [5.74, 6) is 2.42. The Balaban J connectivity index is 0.000000561. The Morgan fingerprint density at radius 2 is 2.25 bits per heavy atom. The van der Waals surface area contributed by atoms with Crippen molar-refractivity contribution in [3.8, 4) is 12.3 Å². The molecule has 3 atom stereocenters. The van der Waals surface area contributed by atoms with Crippen molar-refractivity contribution in [2.75, 3.05) is 7.11 Å². The van der Waals surface area contributed by atoms with Gasteiger partial charge in [0.1, 0.15) is 7.85 Å². The van der Waals surface area contributed by atoms with Crippen LogP contribution in [0.15, 0.2) is 0 Å². The average molecular weight is 168 g/mol. The first-order chi connectivity index (χ1) is 5.74. The highest BCUT2D eigenvalue weighted by Crippen LogP contribution is 2.19. The molecule has 0 aliphatic carbocycles. The maximum absolute atomic E-state index is 9.19. The van der Waals surface area contributed by atoms with E-state index in [0.29, 0.717) is 12.8 Å². The SMILES string of the molecule is CO.[B]C1CC(O)C(CC#C)O1. The summed E-state index contributed by atoms with van der Waals surface area (Å²) in [5, 5.41) is 16.2. The Morgan fingerprint density at radius 3 is 2.58 bits per heavy atom. The first-order valence-electron chi connectivity index (χ1n) is 3.71. The summed E-state index contributed by atoms with van der Waals surface area (Å²) in [4.78, 5) is 0. The standard InChI is InChI=1S/C7H9BO2.CH4O/c1-2-3-6-5(9)4-7(8)10-6;1-2/h1,5-7,9H,3-4H2;2H,1H3. The van der Waals surface area contributed by atoms with Gasteiger partial charge in [-0.05, 0) is 6.42 Å². The fraction of sp³-hybridized carbons (Fsp3) is 0.750. The van der Waals surface area contributed by atoms with Crippen LogP contribution in [0.3, 0.4) is 0 Å². The lowest BCUT2D eigenvalue weighted by Gasteiger charge is -2.09. The monoisotopic (exact) mass is 168 g/mol. The van der Waals surface area contributed by atoms with Crippen molar-refractivity contribution in [1.82, 2.24) is 0 Å². The Morgan fingerprint density at radius 1 is 1.67 bits per heavy atom. The second kappa shape index (κ2) is 6.07. The molecule has 0 saturated carbocycles. The van der Waals surface area contributed by atoms with Crippen LogP contribution in [0.2, 0.25) is 0 Å². The second-order valence-corrected chi connectivity index (χ2v) is 2.42. The lowest BCUT2D eigenvalue weighted by Crippen LogP contribution is -2.19. The van der Waals surface area contributed by atoms with Crippen LogP contribution in [0.4, 0.5) is 0 Å². The van der Waals surface area contributed by atoms with Crippen LogP contribution in [0.25, 0.3) is 0 Å². The highest BCUT2D eigenvalue weighted by atomic mass is 16.5. The summed E-state index contributed by atoms with van der Waals surface area (Å²) >= 11 is 0. The molecule has 1 aliphatic rings. The van der Waals surface area contributed by atoms with Gasteiger partial charge in [0, 0.05) is 19.5 Å². The van der Waals surface area contributed by atoms with Gasteiger partial charge in [0.05, 0.1) is 12.2 Å². The molecular weight excluding hydrogens is 155 g/mol. The molecule has 2 radical (unpaired) electrons. The van der Waals surface area contributed by atoms with Crippen LogP contribution in [-0.4, -0.2) is 43.4 Å². The smallest absolute Gasteiger partial charge is 0.109 e. The maximum atomic E-state index is 9.19. The molecule has 1 rings (SSSR count). The highest BCUT2D eigenvalue weighted by molar-refractivity contribution is 6.11. The quantitative estimate of drug-likeness (QED) is 0.400. The summed E-state index contributed by atoms with van der Waals surface area (Å²) in [6.07, 6.45) is 5.24. The molecule has 0 aromatic heterocycles. The second-order valence-electron chi connectivity index (χ2n) is 2.42. The molecule has 1 heterocycles. The van der Waals surface area contributed by atoms with Crippen LogP contribution < -0.4 is 0 Å². The molecule has 0 aromatic carbocycles. The lowest BCUT2D eigenvalue weighted by molar-refractivity contribution is 0.0364. The van der Waals surface area contributed by atoms with Crippen LogP contribution in [-0.2, 0) is 4.74 Å². The normalized spacial score (nSPS) is 33.3. The molecule has 3 nitrogen and oxygen atoms in total. The zero-order chi connectivity index (χ0) is 9.56. The van der Waals surface area contributed by atoms with Crippen LogP contribution in [0, 0.1) is 12.3 Å². The molecule has 66 valence electrons. The van der Waals surface area contributed by atoms with E-state index in [4.69, 9.17) is 24.1 Å². The molecule has 3 unspecified atom stereocenters. The highest BCUT2D eigenvalue weighted by Gasteiger charge is 2.29. The molecule has 12 heavy (non-hydrogen) atoms. The average Bonchev–Trinajstić information content (AvgIpc) is 2.35. The summed E-state index contributed by atoms with van der Waals surface area (Å²) in [5.41, 5.74) is 0. The summed E-state index contributed by atoms with van der Waals surface area (Å²) < 4.78 is 5.10. The van der Waals surface area contributed by atoms with Gasteiger partial charge in [-0.2, -0.15) is 0 Å². The van der Waals surface area contributed by atoms with E-state index in [1.807, 2.05) is 0 Å². The van der Waals surface area contributed by atoms with Crippen molar-refractivity contribution in [3.63, 3.8) is 0 Å². The van der Waals surface area contributed by atoms with E-state index >= 15 is 0 Å². The van der Waals surface area contributed by atoms with Gasteiger partial charge in [-0.15, -0.1) is 12.3 Å². The minimum absolute atomic E-state index is 0.250. The van der Waals surface area contributed by atoms with Crippen LogP contribution in [0.5, 0.6) is 0 Å². The number of rotatable bonds is 1. The summed E-state index contributed by atoms with van der Waals surface area (Å²) in [6, 6.07) is -0.339. The van der Waals surface area contributed by atoms with Crippen molar-refractivity contribution in [2.24, 2.45) is 0 Å². The zero-order valence-electron chi connectivity index (χ0n) is 7.10. The van der Waals surface area contributed by atoms with Gasteiger partial charge >= 0.3 is 0 Å². The van der Waals surface area contributed by atoms with Gasteiger partial charge in [0.25, 0.3) is 0 Å². The van der Waals surface area contributed by atoms with E-state index in [9.17, 15) is 5.11 Å². The Bertz CT molecular complexity index is 155. The lowest BCUT2D eigenvalue weighted by atomic mass is 9.96. The van der Waals surface area contributed by atoms with E-state index in [-0.39, 0.29) is 12.1 Å². The first-order valence-corrected chi connectivity index (χ1v) is 3.71. The molecule has 2 N–H and O–H groups in total. The topological polar surface area (TPSA) is 49.7 Å². The molecule has 4 heteroatoms. The van der Waals surface area contributed by atoms with E-state index in [1.54, 1.807) is 0 Å². The van der Waals surface area contributed by atoms with Gasteiger partial charge in [-0.3, -0.25) is 0 Å². The van der Waals surface area contributed by atoms with Crippen molar-refractivity contribution >= 4 is 7.85 Å². The molecular formula is C8H13BO3. The van der Waals surface area contributed by atoms with Gasteiger partial charge in [-0.1, -0.05) is 0 Å². The van der Waals surface area contributed by atoms with Gasteiger partial charge in [0.15, 0.2) is 0 Å². The third-order valence-electron chi connectivity index (χ3n) is 1.57. The molecule has 0 spiro atoms. The van der Waals surface area contributed by atoms with Crippen LogP contribution >= 0.6 is 0 Å². The first kappa shape index (κ1) is 11.5. The van der Waals surface area contributed by atoms with Gasteiger partial charge < -0.3 is 14.9 Å². The van der Waals surface area contributed by atoms with E-state index in [1.165, 1.54) is 0 Å². The minimum atomic E-state index is -0.481. The van der Waals surface area contributed by atoms with Crippen molar-refractivity contribution in [3.05, 3.63) is 0 Å². The van der Waals surface area contributed by atoms with Crippen molar-refractivity contribution in [2.45, 2.75) is 31.1 Å². The molecule has 0 amide bonds. The summed E-state index contributed by atoms with van der Waals surface area (Å²) in [7, 11) is 6.40. The number of hydrogen-bond acceptors (Lipinski definition) is 3. The molecule has 0 aromatic rings. The number of hydrogen-bond donors (Lipinski definition) is 2. The van der Waals surface area contributed by atoms with E-state index < -0.39 is 6.10 Å². The van der Waals surface area contributed by atoms with Crippen molar-refractivity contribution in [1.29, 1.82) is 0 Å². The fourth-order valence-corrected chi connectivity index (χ4v) is 1.06. The molecule has 0 bridgehead atoms. The molecule has 1 fully saturated rings. The predicted molar refractivity (Wildman–Crippen MR) is 46.6 cm³/mol. The molecule has 1 saturated heterocycles. The Kier molecular flexibility index (Phi) is 5.82. The van der Waals surface area contributed by atoms with E-state index in [0.717, 1.165) is 7.11 Å². The largest absolute Gasteiger partial charge is 0.400 e. The Hall–Kier alpha value is -0.495. The number of terminal acetylenes is 1. The summed E-state index contributed by atoms with van der Waals surface area (Å²) in [6.45, 7) is 0. The third-order valence-corrected chi connectivity index (χ3v) is 1.57. The number of aliphatic hydroxyl groups excluding tert-OH is 2.